The fourth-order valence-corrected chi connectivity index (χ4v) is 2.05. The van der Waals surface area contributed by atoms with Crippen LogP contribution in [-0.4, -0.2) is 32.2 Å². The first kappa shape index (κ1) is 12.0. The van der Waals surface area contributed by atoms with Gasteiger partial charge in [-0.1, -0.05) is 13.8 Å². The standard InChI is InChI=1S/C9H16O3.C2H6/c1-10-8-2-4-9(5-3-8)11-6-7-12-9;1-2/h8H,2-7H2,1H3;1-2H3. The van der Waals surface area contributed by atoms with Crippen molar-refractivity contribution in [1.82, 2.24) is 0 Å². The molecule has 0 aromatic heterocycles. The van der Waals surface area contributed by atoms with Gasteiger partial charge in [0.15, 0.2) is 5.79 Å². The highest BCUT2D eigenvalue weighted by atomic mass is 16.7. The molecule has 1 saturated heterocycles. The lowest BCUT2D eigenvalue weighted by Crippen LogP contribution is -2.37. The molecule has 84 valence electrons. The summed E-state index contributed by atoms with van der Waals surface area (Å²) in [5, 5.41) is 0. The smallest absolute Gasteiger partial charge is 0.168 e. The maximum Gasteiger partial charge on any atom is 0.168 e. The molecule has 0 aromatic carbocycles. The molecule has 0 radical (unpaired) electrons. The second-order valence-corrected chi connectivity index (χ2v) is 3.54. The number of hydrogen-bond donors (Lipinski definition) is 0. The minimum absolute atomic E-state index is 0.227. The summed E-state index contributed by atoms with van der Waals surface area (Å²) < 4.78 is 16.5. The van der Waals surface area contributed by atoms with Gasteiger partial charge in [0, 0.05) is 20.0 Å². The summed E-state index contributed by atoms with van der Waals surface area (Å²) in [6, 6.07) is 0. The first-order valence-electron chi connectivity index (χ1n) is 5.65. The minimum Gasteiger partial charge on any atom is -0.381 e. The molecule has 1 aliphatic heterocycles. The van der Waals surface area contributed by atoms with Gasteiger partial charge in [0.05, 0.1) is 19.3 Å². The Balaban J connectivity index is 0.000000461. The zero-order valence-corrected chi connectivity index (χ0v) is 9.54. The van der Waals surface area contributed by atoms with E-state index in [1.165, 1.54) is 0 Å². The summed E-state index contributed by atoms with van der Waals surface area (Å²) in [6.45, 7) is 5.52. The van der Waals surface area contributed by atoms with Crippen LogP contribution in [0.25, 0.3) is 0 Å². The zero-order valence-electron chi connectivity index (χ0n) is 9.54. The number of methoxy groups -OCH3 is 1. The lowest BCUT2D eigenvalue weighted by molar-refractivity contribution is -0.189. The molecule has 2 fully saturated rings. The maximum atomic E-state index is 5.60. The van der Waals surface area contributed by atoms with Gasteiger partial charge in [-0.2, -0.15) is 0 Å². The lowest BCUT2D eigenvalue weighted by atomic mass is 9.92. The van der Waals surface area contributed by atoms with E-state index in [0.29, 0.717) is 6.10 Å². The molecule has 0 amide bonds. The van der Waals surface area contributed by atoms with Crippen LogP contribution < -0.4 is 0 Å². The van der Waals surface area contributed by atoms with Crippen molar-refractivity contribution in [2.45, 2.75) is 51.4 Å². The summed E-state index contributed by atoms with van der Waals surface area (Å²) in [6.07, 6.45) is 4.53. The predicted molar refractivity (Wildman–Crippen MR) is 55.2 cm³/mol. The molecular weight excluding hydrogens is 180 g/mol. The molecule has 3 heteroatoms. The van der Waals surface area contributed by atoms with Gasteiger partial charge in [0.2, 0.25) is 0 Å². The lowest BCUT2D eigenvalue weighted by Gasteiger charge is -2.34. The number of rotatable bonds is 1. The highest BCUT2D eigenvalue weighted by Gasteiger charge is 2.40. The minimum atomic E-state index is -0.227. The third-order valence-corrected chi connectivity index (χ3v) is 2.84. The van der Waals surface area contributed by atoms with Crippen LogP contribution in [0.15, 0.2) is 0 Å². The van der Waals surface area contributed by atoms with Crippen LogP contribution in [0.4, 0.5) is 0 Å². The average Bonchev–Trinajstić information content (AvgIpc) is 2.71. The Morgan fingerprint density at radius 2 is 1.57 bits per heavy atom. The predicted octanol–water partition coefficient (Wildman–Crippen LogP) is 2.34. The summed E-state index contributed by atoms with van der Waals surface area (Å²) in [7, 11) is 1.78. The summed E-state index contributed by atoms with van der Waals surface area (Å²) in [5.74, 6) is -0.227. The van der Waals surface area contributed by atoms with E-state index in [1.807, 2.05) is 13.8 Å². The van der Waals surface area contributed by atoms with Gasteiger partial charge in [-0.25, -0.2) is 0 Å². The van der Waals surface area contributed by atoms with E-state index in [-0.39, 0.29) is 5.79 Å². The molecule has 0 unspecified atom stereocenters. The first-order valence-corrected chi connectivity index (χ1v) is 5.65. The van der Waals surface area contributed by atoms with E-state index in [0.717, 1.165) is 38.9 Å². The van der Waals surface area contributed by atoms with Gasteiger partial charge in [-0.3, -0.25) is 0 Å². The summed E-state index contributed by atoms with van der Waals surface area (Å²) in [4.78, 5) is 0. The molecule has 2 aliphatic rings. The van der Waals surface area contributed by atoms with Crippen molar-refractivity contribution in [3.05, 3.63) is 0 Å². The van der Waals surface area contributed by atoms with Crippen LogP contribution >= 0.6 is 0 Å². The maximum absolute atomic E-state index is 5.60. The van der Waals surface area contributed by atoms with Crippen molar-refractivity contribution in [1.29, 1.82) is 0 Å². The SMILES string of the molecule is CC.COC1CCC2(CC1)OCCO2. The molecular formula is C11H22O3. The molecule has 2 rings (SSSR count). The highest BCUT2D eigenvalue weighted by molar-refractivity contribution is 4.82. The second kappa shape index (κ2) is 5.69. The molecule has 1 heterocycles. The van der Waals surface area contributed by atoms with Crippen LogP contribution in [0.1, 0.15) is 39.5 Å². The van der Waals surface area contributed by atoms with Crippen LogP contribution in [0.2, 0.25) is 0 Å². The van der Waals surface area contributed by atoms with Gasteiger partial charge in [-0.15, -0.1) is 0 Å². The van der Waals surface area contributed by atoms with Crippen LogP contribution in [0.5, 0.6) is 0 Å². The van der Waals surface area contributed by atoms with E-state index in [1.54, 1.807) is 7.11 Å². The summed E-state index contributed by atoms with van der Waals surface area (Å²) >= 11 is 0. The molecule has 1 saturated carbocycles. The third-order valence-electron chi connectivity index (χ3n) is 2.84. The van der Waals surface area contributed by atoms with Crippen LogP contribution in [-0.2, 0) is 14.2 Å². The van der Waals surface area contributed by atoms with E-state index >= 15 is 0 Å². The Hall–Kier alpha value is -0.120. The molecule has 1 spiro atoms. The number of hydrogen-bond acceptors (Lipinski definition) is 3. The second-order valence-electron chi connectivity index (χ2n) is 3.54. The molecule has 0 bridgehead atoms. The monoisotopic (exact) mass is 202 g/mol. The van der Waals surface area contributed by atoms with Gasteiger partial charge >= 0.3 is 0 Å². The molecule has 0 N–H and O–H groups in total. The van der Waals surface area contributed by atoms with Crippen molar-refractivity contribution >= 4 is 0 Å². The average molecular weight is 202 g/mol. The van der Waals surface area contributed by atoms with E-state index < -0.39 is 0 Å². The largest absolute Gasteiger partial charge is 0.381 e. The van der Waals surface area contributed by atoms with Gasteiger partial charge in [0.1, 0.15) is 0 Å². The zero-order chi connectivity index (χ0) is 10.4. The Bertz CT molecular complexity index is 143. The molecule has 14 heavy (non-hydrogen) atoms. The Morgan fingerprint density at radius 3 is 2.00 bits per heavy atom. The molecule has 0 atom stereocenters. The van der Waals surface area contributed by atoms with Crippen molar-refractivity contribution in [2.75, 3.05) is 20.3 Å². The third kappa shape index (κ3) is 2.69. The van der Waals surface area contributed by atoms with Crippen molar-refractivity contribution in [3.63, 3.8) is 0 Å². The van der Waals surface area contributed by atoms with Gasteiger partial charge in [0.25, 0.3) is 0 Å². The van der Waals surface area contributed by atoms with Crippen LogP contribution in [0, 0.1) is 0 Å². The highest BCUT2D eigenvalue weighted by Crippen LogP contribution is 2.36. The fraction of sp³-hybridized carbons (Fsp3) is 1.00. The van der Waals surface area contributed by atoms with E-state index in [4.69, 9.17) is 14.2 Å². The van der Waals surface area contributed by atoms with E-state index in [9.17, 15) is 0 Å². The van der Waals surface area contributed by atoms with Crippen molar-refractivity contribution in [2.24, 2.45) is 0 Å². The Morgan fingerprint density at radius 1 is 1.07 bits per heavy atom. The molecule has 3 nitrogen and oxygen atoms in total. The van der Waals surface area contributed by atoms with E-state index in [2.05, 4.69) is 0 Å². The van der Waals surface area contributed by atoms with Gasteiger partial charge < -0.3 is 14.2 Å². The fourth-order valence-electron chi connectivity index (χ4n) is 2.05. The topological polar surface area (TPSA) is 27.7 Å². The van der Waals surface area contributed by atoms with Crippen molar-refractivity contribution in [3.8, 4) is 0 Å². The number of ether oxygens (including phenoxy) is 3. The Kier molecular flexibility index (Phi) is 4.85. The normalized spacial score (nSPS) is 25.9. The summed E-state index contributed by atoms with van der Waals surface area (Å²) in [5.41, 5.74) is 0. The molecule has 1 aliphatic carbocycles. The first-order chi connectivity index (χ1) is 6.85. The van der Waals surface area contributed by atoms with Gasteiger partial charge in [-0.05, 0) is 12.8 Å². The Labute approximate surface area is 86.7 Å². The molecule has 0 aromatic rings. The van der Waals surface area contributed by atoms with Crippen molar-refractivity contribution < 1.29 is 14.2 Å². The quantitative estimate of drug-likeness (QED) is 0.653. The van der Waals surface area contributed by atoms with Crippen LogP contribution in [0.3, 0.4) is 0 Å².